The molecule has 0 aliphatic heterocycles. The van der Waals surface area contributed by atoms with Gasteiger partial charge in [0.05, 0.1) is 19.2 Å². The molecule has 0 radical (unpaired) electrons. The molecular formula is C30H30N8O5. The van der Waals surface area contributed by atoms with E-state index in [1.165, 1.54) is 19.7 Å². The molecule has 4 aliphatic rings. The van der Waals surface area contributed by atoms with Crippen molar-refractivity contribution in [2.45, 2.75) is 32.1 Å². The first-order chi connectivity index (χ1) is 21.0. The van der Waals surface area contributed by atoms with Gasteiger partial charge in [-0.05, 0) is 89.9 Å². The zero-order valence-electron chi connectivity index (χ0n) is 23.4. The second-order valence-electron chi connectivity index (χ2n) is 11.5. The summed E-state index contributed by atoms with van der Waals surface area (Å²) < 4.78 is 17.3. The van der Waals surface area contributed by atoms with Crippen LogP contribution in [0.1, 0.15) is 48.2 Å². The van der Waals surface area contributed by atoms with E-state index in [0.717, 1.165) is 42.2 Å². The van der Waals surface area contributed by atoms with E-state index in [4.69, 9.17) is 15.2 Å². The van der Waals surface area contributed by atoms with Crippen molar-refractivity contribution >= 4 is 23.9 Å². The molecule has 2 aromatic heterocycles. The minimum Gasteiger partial charge on any atom is -0.493 e. The number of methoxy groups -OCH3 is 1. The predicted octanol–water partition coefficient (Wildman–Crippen LogP) is 3.65. The Hall–Kier alpha value is -5.07. The monoisotopic (exact) mass is 582 g/mol. The van der Waals surface area contributed by atoms with Gasteiger partial charge in [-0.3, -0.25) is 9.59 Å². The van der Waals surface area contributed by atoms with Crippen LogP contribution in [-0.2, 0) is 4.79 Å². The van der Waals surface area contributed by atoms with Gasteiger partial charge in [0.2, 0.25) is 11.6 Å². The number of anilines is 1. The lowest BCUT2D eigenvalue weighted by molar-refractivity contribution is -0.152. The summed E-state index contributed by atoms with van der Waals surface area (Å²) in [4.78, 5) is 26.6. The molecule has 0 atom stereocenters. The molecule has 13 nitrogen and oxygen atoms in total. The number of carbonyl (C=O) groups excluding carboxylic acids is 2. The molecule has 43 heavy (non-hydrogen) atoms. The Labute approximate surface area is 246 Å². The van der Waals surface area contributed by atoms with Gasteiger partial charge in [0.25, 0.3) is 5.91 Å². The number of aromatic nitrogens is 5. The molecule has 0 spiro atoms. The van der Waals surface area contributed by atoms with Crippen molar-refractivity contribution in [3.63, 3.8) is 0 Å². The van der Waals surface area contributed by atoms with Gasteiger partial charge in [0.1, 0.15) is 5.69 Å². The Morgan fingerprint density at radius 1 is 1.02 bits per heavy atom. The first-order valence-corrected chi connectivity index (χ1v) is 14.3. The van der Waals surface area contributed by atoms with Crippen LogP contribution >= 0.6 is 0 Å². The Morgan fingerprint density at radius 3 is 2.44 bits per heavy atom. The molecule has 4 fully saturated rings. The first-order valence-electron chi connectivity index (χ1n) is 14.3. The summed E-state index contributed by atoms with van der Waals surface area (Å²) >= 11 is 0. The Morgan fingerprint density at radius 2 is 1.77 bits per heavy atom. The first kappa shape index (κ1) is 26.8. The quantitative estimate of drug-likeness (QED) is 0.135. The zero-order valence-corrected chi connectivity index (χ0v) is 23.4. The van der Waals surface area contributed by atoms with Crippen LogP contribution < -0.4 is 20.6 Å². The van der Waals surface area contributed by atoms with E-state index in [2.05, 4.69) is 35.8 Å². The number of amides is 1. The number of hydrogen-bond donors (Lipinski definition) is 2. The number of nitrogens with one attached hydrogen (secondary N) is 1. The lowest BCUT2D eigenvalue weighted by Crippen LogP contribution is -2.49. The number of hydrogen-bond acceptors (Lipinski definition) is 11. The summed E-state index contributed by atoms with van der Waals surface area (Å²) in [5, 5.41) is 19.6. The van der Waals surface area contributed by atoms with E-state index in [0.29, 0.717) is 40.2 Å². The standard InChI is InChI=1S/C30H30N8O5/c1-41-23-14-16(7-8-22(23)42-30(40)24-20-10-17-9-18(12-20)13-21(24)11-17)15-32-34-29(39)26-25(19-5-3-2-4-6-19)33-37-38(26)28-27(31)35-43-36-28/h2-8,14-15,17-18,20-21,24H,9-13H2,1H3,(H2,31,35)(H,34,39)/b32-15+. The number of rotatable bonds is 8. The number of nitrogens with two attached hydrogens (primary N) is 1. The molecule has 2 heterocycles. The Balaban J connectivity index is 1.07. The van der Waals surface area contributed by atoms with Gasteiger partial charge in [0, 0.05) is 5.56 Å². The minimum atomic E-state index is -0.615. The van der Waals surface area contributed by atoms with E-state index in [-0.39, 0.29) is 29.2 Å². The maximum absolute atomic E-state index is 13.3. The van der Waals surface area contributed by atoms with Crippen molar-refractivity contribution in [1.82, 2.24) is 30.7 Å². The molecule has 8 rings (SSSR count). The number of nitrogens with zero attached hydrogens (tertiary/aromatic N) is 6. The zero-order chi connectivity index (χ0) is 29.5. The molecule has 4 aromatic rings. The van der Waals surface area contributed by atoms with E-state index >= 15 is 0 Å². The molecule has 4 aliphatic carbocycles. The maximum Gasteiger partial charge on any atom is 0.315 e. The van der Waals surface area contributed by atoms with E-state index in [9.17, 15) is 9.59 Å². The van der Waals surface area contributed by atoms with Crippen molar-refractivity contribution in [3.05, 3.63) is 59.8 Å². The lowest BCUT2D eigenvalue weighted by atomic mass is 9.52. The molecule has 0 unspecified atom stereocenters. The summed E-state index contributed by atoms with van der Waals surface area (Å²) in [6, 6.07) is 14.2. The van der Waals surface area contributed by atoms with E-state index in [1.54, 1.807) is 30.3 Å². The summed E-state index contributed by atoms with van der Waals surface area (Å²) in [6.45, 7) is 0. The van der Waals surface area contributed by atoms with Gasteiger partial charge >= 0.3 is 5.97 Å². The molecular weight excluding hydrogens is 552 g/mol. The molecule has 2 aromatic carbocycles. The van der Waals surface area contributed by atoms with Crippen LogP contribution in [0.5, 0.6) is 11.5 Å². The average Bonchev–Trinajstić information content (AvgIpc) is 3.63. The second kappa shape index (κ2) is 11.0. The van der Waals surface area contributed by atoms with Crippen molar-refractivity contribution in [2.75, 3.05) is 12.8 Å². The predicted molar refractivity (Wildman–Crippen MR) is 153 cm³/mol. The molecule has 1 amide bonds. The van der Waals surface area contributed by atoms with E-state index < -0.39 is 5.91 Å². The maximum atomic E-state index is 13.3. The number of carbonyl (C=O) groups is 2. The molecule has 0 saturated heterocycles. The van der Waals surface area contributed by atoms with Crippen LogP contribution in [0.25, 0.3) is 17.1 Å². The highest BCUT2D eigenvalue weighted by Crippen LogP contribution is 2.56. The molecule has 4 saturated carbocycles. The van der Waals surface area contributed by atoms with Gasteiger partial charge in [-0.25, -0.2) is 10.1 Å². The van der Waals surface area contributed by atoms with Crippen molar-refractivity contribution in [1.29, 1.82) is 0 Å². The third-order valence-electron chi connectivity index (χ3n) is 8.91. The van der Waals surface area contributed by atoms with Crippen LogP contribution in [0, 0.1) is 29.6 Å². The number of nitrogen functional groups attached to an aromatic ring is 1. The smallest absolute Gasteiger partial charge is 0.315 e. The molecule has 3 N–H and O–H groups in total. The largest absolute Gasteiger partial charge is 0.493 e. The van der Waals surface area contributed by atoms with Crippen LogP contribution in [-0.4, -0.2) is 50.5 Å². The fourth-order valence-corrected chi connectivity index (χ4v) is 7.32. The number of ether oxygens (including phenoxy) is 2. The number of esters is 1. The highest BCUT2D eigenvalue weighted by Gasteiger charge is 2.51. The van der Waals surface area contributed by atoms with Crippen LogP contribution in [0.4, 0.5) is 5.82 Å². The van der Waals surface area contributed by atoms with Gasteiger partial charge in [-0.1, -0.05) is 35.5 Å². The van der Waals surface area contributed by atoms with Gasteiger partial charge in [-0.15, -0.1) is 5.10 Å². The lowest BCUT2D eigenvalue weighted by Gasteiger charge is -2.53. The average molecular weight is 583 g/mol. The van der Waals surface area contributed by atoms with Crippen molar-refractivity contribution < 1.29 is 23.7 Å². The van der Waals surface area contributed by atoms with Crippen LogP contribution in [0.15, 0.2) is 58.3 Å². The Kier molecular flexibility index (Phi) is 6.84. The molecule has 4 bridgehead atoms. The van der Waals surface area contributed by atoms with Crippen LogP contribution in [0.3, 0.4) is 0 Å². The topological polar surface area (TPSA) is 173 Å². The fourth-order valence-electron chi connectivity index (χ4n) is 7.32. The molecule has 220 valence electrons. The van der Waals surface area contributed by atoms with Gasteiger partial charge in [-0.2, -0.15) is 9.78 Å². The van der Waals surface area contributed by atoms with Crippen LogP contribution in [0.2, 0.25) is 0 Å². The van der Waals surface area contributed by atoms with Crippen molar-refractivity contribution in [2.24, 2.45) is 34.7 Å². The highest BCUT2D eigenvalue weighted by atomic mass is 16.6. The third kappa shape index (κ3) is 5.00. The van der Waals surface area contributed by atoms with E-state index in [1.807, 2.05) is 18.2 Å². The highest BCUT2D eigenvalue weighted by molar-refractivity contribution is 5.99. The molecule has 13 heteroatoms. The minimum absolute atomic E-state index is 0.0207. The summed E-state index contributed by atoms with van der Waals surface area (Å²) in [5.41, 5.74) is 9.96. The summed E-state index contributed by atoms with van der Waals surface area (Å²) in [5.74, 6) is 2.31. The Bertz CT molecular complexity index is 1670. The van der Waals surface area contributed by atoms with Gasteiger partial charge in [0.15, 0.2) is 17.2 Å². The van der Waals surface area contributed by atoms with Gasteiger partial charge < -0.3 is 15.2 Å². The third-order valence-corrected chi connectivity index (χ3v) is 8.91. The summed E-state index contributed by atoms with van der Waals surface area (Å²) in [7, 11) is 1.52. The SMILES string of the molecule is COc1cc(/C=N/NC(=O)c2c(-c3ccccc3)nnn2-c2nonc2N)ccc1OC(=O)C1C2CC3CC(C2)CC1C3. The summed E-state index contributed by atoms with van der Waals surface area (Å²) in [6.07, 6.45) is 7.32. The normalized spacial score (nSPS) is 23.9. The van der Waals surface area contributed by atoms with Crippen molar-refractivity contribution in [3.8, 4) is 28.6 Å². The fraction of sp³-hybridized carbons (Fsp3) is 0.367. The second-order valence-corrected chi connectivity index (χ2v) is 11.5. The number of hydrazone groups is 1. The number of benzene rings is 2.